The first-order chi connectivity index (χ1) is 7.11. The second kappa shape index (κ2) is 8.66. The van der Waals surface area contributed by atoms with Gasteiger partial charge in [0.2, 0.25) is 8.03 Å². The number of rotatable bonds is 3. The van der Waals surface area contributed by atoms with Gasteiger partial charge in [-0.1, -0.05) is 32.0 Å². The molecule has 1 aromatic rings. The van der Waals surface area contributed by atoms with Crippen LogP contribution in [0.15, 0.2) is 30.3 Å². The highest BCUT2D eigenvalue weighted by Gasteiger charge is 1.92. The number of hydrogen-bond donors (Lipinski definition) is 1. The molecule has 0 bridgehead atoms. The van der Waals surface area contributed by atoms with E-state index in [-0.39, 0.29) is 0 Å². The molecule has 1 N–H and O–H groups in total. The van der Waals surface area contributed by atoms with Crippen LogP contribution in [0.1, 0.15) is 13.8 Å². The van der Waals surface area contributed by atoms with Gasteiger partial charge >= 0.3 is 0 Å². The molecule has 86 valence electrons. The smallest absolute Gasteiger partial charge is 0.218 e. The van der Waals surface area contributed by atoms with E-state index in [4.69, 9.17) is 4.89 Å². The summed E-state index contributed by atoms with van der Waals surface area (Å²) in [4.78, 5) is 10.8. The van der Waals surface area contributed by atoms with Crippen LogP contribution in [0, 0.1) is 0 Å². The maximum absolute atomic E-state index is 10.4. The fraction of sp³-hybridized carbons (Fsp3) is 0.455. The Kier molecular flexibility index (Phi) is 8.30. The van der Waals surface area contributed by atoms with Gasteiger partial charge in [0.05, 0.1) is 0 Å². The molecule has 1 unspecified atom stereocenters. The van der Waals surface area contributed by atoms with Crippen molar-refractivity contribution in [3.05, 3.63) is 30.3 Å². The summed E-state index contributed by atoms with van der Waals surface area (Å²) in [5.74, 6) is 0. The lowest BCUT2D eigenvalue weighted by Gasteiger charge is -2.07. The average molecular weight is 229 g/mol. The van der Waals surface area contributed by atoms with E-state index in [9.17, 15) is 4.57 Å². The van der Waals surface area contributed by atoms with E-state index in [1.165, 1.54) is 0 Å². The molecule has 0 aliphatic heterocycles. The Morgan fingerprint density at radius 2 is 1.67 bits per heavy atom. The summed E-state index contributed by atoms with van der Waals surface area (Å²) in [7, 11) is -0.351. The largest absolute Gasteiger partial charge is 0.343 e. The van der Waals surface area contributed by atoms with Gasteiger partial charge in [0.25, 0.3) is 0 Å². The van der Waals surface area contributed by atoms with Gasteiger partial charge in [-0.2, -0.15) is 0 Å². The van der Waals surface area contributed by atoms with Crippen LogP contribution in [0.3, 0.4) is 0 Å². The minimum Gasteiger partial charge on any atom is -0.343 e. The fourth-order valence-corrected chi connectivity index (χ4v) is 1.28. The predicted molar refractivity (Wildman–Crippen MR) is 66.1 cm³/mol. The van der Waals surface area contributed by atoms with Gasteiger partial charge in [0.15, 0.2) is 0 Å². The standard InChI is InChI=1S/C6H7O2P.C5H13N/c7-9(8)6-4-2-1-3-5-6;1-4-6(3)5-2/h1-5,9H,(H,7,8);4-5H2,1-3H3. The monoisotopic (exact) mass is 229 g/mol. The van der Waals surface area contributed by atoms with E-state index < -0.39 is 8.03 Å². The summed E-state index contributed by atoms with van der Waals surface area (Å²) in [6.45, 7) is 6.64. The normalized spacial score (nSPS) is 11.8. The van der Waals surface area contributed by atoms with Crippen LogP contribution >= 0.6 is 8.03 Å². The molecule has 0 fully saturated rings. The van der Waals surface area contributed by atoms with Gasteiger partial charge in [-0.3, -0.25) is 4.57 Å². The summed E-state index contributed by atoms with van der Waals surface area (Å²) in [6.07, 6.45) is 0. The van der Waals surface area contributed by atoms with Crippen molar-refractivity contribution in [3.63, 3.8) is 0 Å². The topological polar surface area (TPSA) is 40.5 Å². The molecule has 0 amide bonds. The molecule has 4 heteroatoms. The molecular formula is C11H20NO2P. The van der Waals surface area contributed by atoms with Gasteiger partial charge in [-0.25, -0.2) is 0 Å². The SMILES string of the molecule is CCN(C)CC.O=[PH](O)c1ccccc1. The highest BCUT2D eigenvalue weighted by molar-refractivity contribution is 7.47. The summed E-state index contributed by atoms with van der Waals surface area (Å²) < 4.78 is 10.4. The predicted octanol–water partition coefficient (Wildman–Crippen LogP) is 1.74. The highest BCUT2D eigenvalue weighted by Crippen LogP contribution is 2.10. The summed E-state index contributed by atoms with van der Waals surface area (Å²) in [6, 6.07) is 8.58. The Hall–Kier alpha value is -0.630. The van der Waals surface area contributed by atoms with Crippen molar-refractivity contribution < 1.29 is 9.46 Å². The lowest BCUT2D eigenvalue weighted by molar-refractivity contribution is 0.373. The van der Waals surface area contributed by atoms with E-state index in [1.807, 2.05) is 6.07 Å². The maximum atomic E-state index is 10.4. The molecule has 0 aromatic heterocycles. The van der Waals surface area contributed by atoms with Crippen LogP contribution < -0.4 is 5.30 Å². The van der Waals surface area contributed by atoms with E-state index in [2.05, 4.69) is 25.8 Å². The Morgan fingerprint density at radius 1 is 1.20 bits per heavy atom. The molecule has 3 nitrogen and oxygen atoms in total. The Bertz CT molecular complexity index is 273. The minimum absolute atomic E-state index is 0.516. The van der Waals surface area contributed by atoms with Crippen LogP contribution in [0.4, 0.5) is 0 Å². The molecule has 0 spiro atoms. The third-order valence-electron chi connectivity index (χ3n) is 2.10. The zero-order valence-electron chi connectivity index (χ0n) is 9.60. The van der Waals surface area contributed by atoms with Crippen LogP contribution in [-0.4, -0.2) is 29.9 Å². The van der Waals surface area contributed by atoms with E-state index in [0.29, 0.717) is 5.30 Å². The average Bonchev–Trinajstić information content (AvgIpc) is 2.30. The molecule has 0 aliphatic rings. The molecule has 0 saturated carbocycles. The summed E-state index contributed by atoms with van der Waals surface area (Å²) >= 11 is 0. The number of benzene rings is 1. The third kappa shape index (κ3) is 7.32. The first-order valence-corrected chi connectivity index (χ1v) is 6.44. The van der Waals surface area contributed by atoms with Gasteiger partial charge in [0.1, 0.15) is 0 Å². The highest BCUT2D eigenvalue weighted by atomic mass is 31.1. The number of nitrogens with zero attached hydrogens (tertiary/aromatic N) is 1. The second-order valence-electron chi connectivity index (χ2n) is 3.16. The van der Waals surface area contributed by atoms with Crippen molar-refractivity contribution in [2.75, 3.05) is 20.1 Å². The van der Waals surface area contributed by atoms with E-state index in [0.717, 1.165) is 13.1 Å². The lowest BCUT2D eigenvalue weighted by atomic mass is 10.4. The van der Waals surface area contributed by atoms with Crippen molar-refractivity contribution in [3.8, 4) is 0 Å². The van der Waals surface area contributed by atoms with Crippen LogP contribution in [-0.2, 0) is 4.57 Å². The van der Waals surface area contributed by atoms with E-state index in [1.54, 1.807) is 24.3 Å². The number of hydrogen-bond acceptors (Lipinski definition) is 2. The molecule has 15 heavy (non-hydrogen) atoms. The van der Waals surface area contributed by atoms with Crippen LogP contribution in [0.25, 0.3) is 0 Å². The quantitative estimate of drug-likeness (QED) is 0.802. The first-order valence-electron chi connectivity index (χ1n) is 5.08. The van der Waals surface area contributed by atoms with Crippen molar-refractivity contribution in [1.29, 1.82) is 0 Å². The molecule has 1 rings (SSSR count). The van der Waals surface area contributed by atoms with Crippen LogP contribution in [0.2, 0.25) is 0 Å². The first kappa shape index (κ1) is 14.4. The van der Waals surface area contributed by atoms with Crippen molar-refractivity contribution in [2.24, 2.45) is 0 Å². The molecule has 0 heterocycles. The van der Waals surface area contributed by atoms with Crippen molar-refractivity contribution in [1.82, 2.24) is 4.90 Å². The second-order valence-corrected chi connectivity index (χ2v) is 4.35. The molecule has 0 radical (unpaired) electrons. The zero-order chi connectivity index (χ0) is 11.7. The Balaban J connectivity index is 0.000000288. The van der Waals surface area contributed by atoms with Gasteiger partial charge in [0, 0.05) is 5.30 Å². The van der Waals surface area contributed by atoms with Crippen LogP contribution in [0.5, 0.6) is 0 Å². The lowest BCUT2D eigenvalue weighted by Crippen LogP contribution is -2.15. The Labute approximate surface area is 92.6 Å². The molecule has 0 aliphatic carbocycles. The summed E-state index contributed by atoms with van der Waals surface area (Å²) in [5.41, 5.74) is 0. The minimum atomic E-state index is -2.46. The molecule has 1 aromatic carbocycles. The summed E-state index contributed by atoms with van der Waals surface area (Å²) in [5, 5.41) is 0.516. The molecular weight excluding hydrogens is 209 g/mol. The van der Waals surface area contributed by atoms with Gasteiger partial charge < -0.3 is 9.79 Å². The van der Waals surface area contributed by atoms with Crippen molar-refractivity contribution >= 4 is 13.3 Å². The zero-order valence-corrected chi connectivity index (χ0v) is 10.6. The Morgan fingerprint density at radius 3 is 1.87 bits per heavy atom. The third-order valence-corrected chi connectivity index (χ3v) is 2.93. The van der Waals surface area contributed by atoms with E-state index >= 15 is 0 Å². The fourth-order valence-electron chi connectivity index (χ4n) is 0.804. The van der Waals surface area contributed by atoms with Gasteiger partial charge in [-0.05, 0) is 32.3 Å². The van der Waals surface area contributed by atoms with Crippen molar-refractivity contribution in [2.45, 2.75) is 13.8 Å². The van der Waals surface area contributed by atoms with Gasteiger partial charge in [-0.15, -0.1) is 0 Å². The molecule has 1 atom stereocenters. The maximum Gasteiger partial charge on any atom is 0.218 e. The molecule has 0 saturated heterocycles.